The Morgan fingerprint density at radius 3 is 2.74 bits per heavy atom. The van der Waals surface area contributed by atoms with Gasteiger partial charge < -0.3 is 10.4 Å². The molecule has 1 aliphatic rings. The summed E-state index contributed by atoms with van der Waals surface area (Å²) in [6.07, 6.45) is -0.0501. The third kappa shape index (κ3) is 2.43. The second-order valence-corrected chi connectivity index (χ2v) is 7.09. The van der Waals surface area contributed by atoms with Crippen LogP contribution in [0.4, 0.5) is 0 Å². The standard InChI is InChI=1S/C18H14ClNO2S/c19-15-12-7-3-4-8-14(12)23-17(15)18(22)20-16-11-6-2-1-5-10(11)9-13(16)21/h1-8,13,16,21H,9H2,(H,20,22)/t13-,16+/m0/s1. The molecule has 0 spiro atoms. The highest BCUT2D eigenvalue weighted by Gasteiger charge is 2.32. The van der Waals surface area contributed by atoms with E-state index in [9.17, 15) is 9.90 Å². The van der Waals surface area contributed by atoms with Crippen molar-refractivity contribution in [3.05, 3.63) is 69.6 Å². The molecule has 116 valence electrons. The first-order valence-electron chi connectivity index (χ1n) is 7.39. The van der Waals surface area contributed by atoms with E-state index in [1.54, 1.807) is 0 Å². The fourth-order valence-corrected chi connectivity index (χ4v) is 4.53. The molecule has 1 aromatic heterocycles. The van der Waals surface area contributed by atoms with Crippen molar-refractivity contribution in [2.24, 2.45) is 0 Å². The smallest absolute Gasteiger partial charge is 0.263 e. The Balaban J connectivity index is 1.66. The number of amides is 1. The number of hydrogen-bond acceptors (Lipinski definition) is 3. The summed E-state index contributed by atoms with van der Waals surface area (Å²) in [5, 5.41) is 14.6. The summed E-state index contributed by atoms with van der Waals surface area (Å²) >= 11 is 7.73. The van der Waals surface area contributed by atoms with Crippen LogP contribution < -0.4 is 5.32 Å². The van der Waals surface area contributed by atoms with Crippen molar-refractivity contribution < 1.29 is 9.90 Å². The topological polar surface area (TPSA) is 49.3 Å². The first-order valence-corrected chi connectivity index (χ1v) is 8.58. The summed E-state index contributed by atoms with van der Waals surface area (Å²) in [6.45, 7) is 0. The summed E-state index contributed by atoms with van der Waals surface area (Å²) in [5.74, 6) is -0.239. The van der Waals surface area contributed by atoms with Crippen LogP contribution in [0.25, 0.3) is 10.1 Å². The third-order valence-corrected chi connectivity index (χ3v) is 5.91. The first kappa shape index (κ1) is 14.7. The zero-order valence-electron chi connectivity index (χ0n) is 12.1. The lowest BCUT2D eigenvalue weighted by molar-refractivity contribution is 0.0862. The summed E-state index contributed by atoms with van der Waals surface area (Å²) in [7, 11) is 0. The first-order chi connectivity index (χ1) is 11.1. The van der Waals surface area contributed by atoms with Gasteiger partial charge in [-0.1, -0.05) is 54.1 Å². The van der Waals surface area contributed by atoms with E-state index in [-0.39, 0.29) is 11.9 Å². The van der Waals surface area contributed by atoms with E-state index in [2.05, 4.69) is 5.32 Å². The van der Waals surface area contributed by atoms with Gasteiger partial charge in [0.25, 0.3) is 5.91 Å². The van der Waals surface area contributed by atoms with Crippen LogP contribution in [0.1, 0.15) is 26.8 Å². The molecule has 1 heterocycles. The molecule has 1 amide bonds. The lowest BCUT2D eigenvalue weighted by atomic mass is 10.1. The Morgan fingerprint density at radius 2 is 1.91 bits per heavy atom. The highest BCUT2D eigenvalue weighted by atomic mass is 35.5. The van der Waals surface area contributed by atoms with Crippen LogP contribution in [0.15, 0.2) is 48.5 Å². The number of nitrogens with one attached hydrogen (secondary N) is 1. The van der Waals surface area contributed by atoms with Gasteiger partial charge in [-0.3, -0.25) is 4.79 Å². The maximum Gasteiger partial charge on any atom is 0.263 e. The molecule has 1 aliphatic carbocycles. The van der Waals surface area contributed by atoms with Crippen molar-refractivity contribution in [1.82, 2.24) is 5.32 Å². The van der Waals surface area contributed by atoms with E-state index < -0.39 is 6.10 Å². The predicted molar refractivity (Wildman–Crippen MR) is 93.2 cm³/mol. The highest BCUT2D eigenvalue weighted by Crippen LogP contribution is 2.36. The molecule has 0 saturated carbocycles. The van der Waals surface area contributed by atoms with Crippen molar-refractivity contribution in [3.8, 4) is 0 Å². The molecule has 0 aliphatic heterocycles. The van der Waals surface area contributed by atoms with Crippen molar-refractivity contribution >= 4 is 38.9 Å². The fraction of sp³-hybridized carbons (Fsp3) is 0.167. The van der Waals surface area contributed by atoms with Crippen LogP contribution in [0.3, 0.4) is 0 Å². The minimum Gasteiger partial charge on any atom is -0.390 e. The minimum atomic E-state index is -0.607. The largest absolute Gasteiger partial charge is 0.390 e. The van der Waals surface area contributed by atoms with Gasteiger partial charge in [-0.25, -0.2) is 0 Å². The monoisotopic (exact) mass is 343 g/mol. The number of carbonyl (C=O) groups is 1. The molecule has 0 fully saturated rings. The number of hydrogen-bond donors (Lipinski definition) is 2. The predicted octanol–water partition coefficient (Wildman–Crippen LogP) is 3.94. The minimum absolute atomic E-state index is 0.239. The van der Waals surface area contributed by atoms with Gasteiger partial charge in [-0.2, -0.15) is 0 Å². The zero-order valence-corrected chi connectivity index (χ0v) is 13.7. The van der Waals surface area contributed by atoms with Gasteiger partial charge in [0.05, 0.1) is 17.2 Å². The average Bonchev–Trinajstić information content (AvgIpc) is 3.06. The maximum absolute atomic E-state index is 12.7. The molecule has 0 saturated heterocycles. The fourth-order valence-electron chi connectivity index (χ4n) is 3.11. The lowest BCUT2D eigenvalue weighted by Crippen LogP contribution is -2.33. The van der Waals surface area contributed by atoms with Gasteiger partial charge in [-0.15, -0.1) is 11.3 Å². The van der Waals surface area contributed by atoms with Gasteiger partial charge in [-0.05, 0) is 17.2 Å². The Morgan fingerprint density at radius 1 is 1.17 bits per heavy atom. The number of aliphatic hydroxyl groups excluding tert-OH is 1. The van der Waals surface area contributed by atoms with E-state index in [0.29, 0.717) is 16.3 Å². The van der Waals surface area contributed by atoms with E-state index in [1.807, 2.05) is 48.5 Å². The Hall–Kier alpha value is -1.88. The lowest BCUT2D eigenvalue weighted by Gasteiger charge is -2.17. The van der Waals surface area contributed by atoms with Gasteiger partial charge in [0.1, 0.15) is 4.88 Å². The van der Waals surface area contributed by atoms with Crippen molar-refractivity contribution in [2.45, 2.75) is 18.6 Å². The summed E-state index contributed by atoms with van der Waals surface area (Å²) in [6, 6.07) is 15.1. The van der Waals surface area contributed by atoms with Crippen LogP contribution in [0.2, 0.25) is 5.02 Å². The van der Waals surface area contributed by atoms with Gasteiger partial charge in [0.15, 0.2) is 0 Å². The SMILES string of the molecule is O=C(N[C@@H]1c2ccccc2C[C@@H]1O)c1sc2ccccc2c1Cl. The highest BCUT2D eigenvalue weighted by molar-refractivity contribution is 7.21. The van der Waals surface area contributed by atoms with Crippen molar-refractivity contribution in [2.75, 3.05) is 0 Å². The van der Waals surface area contributed by atoms with E-state index in [4.69, 9.17) is 11.6 Å². The molecule has 3 aromatic rings. The van der Waals surface area contributed by atoms with Crippen molar-refractivity contribution in [1.29, 1.82) is 0 Å². The number of halogens is 1. The van der Waals surface area contributed by atoms with E-state index in [1.165, 1.54) is 11.3 Å². The number of aliphatic hydroxyl groups is 1. The van der Waals surface area contributed by atoms with Crippen LogP contribution in [0, 0.1) is 0 Å². The van der Waals surface area contributed by atoms with Crippen LogP contribution in [-0.2, 0) is 6.42 Å². The number of rotatable bonds is 2. The second kappa shape index (κ2) is 5.64. The summed E-state index contributed by atoms with van der Waals surface area (Å²) in [5.41, 5.74) is 2.05. The quantitative estimate of drug-likeness (QED) is 0.740. The number of carbonyl (C=O) groups excluding carboxylic acids is 1. The third-order valence-electron chi connectivity index (χ3n) is 4.23. The molecule has 3 nitrogen and oxygen atoms in total. The van der Waals surface area contributed by atoms with Crippen molar-refractivity contribution in [3.63, 3.8) is 0 Å². The van der Waals surface area contributed by atoms with Crippen LogP contribution >= 0.6 is 22.9 Å². The molecule has 0 unspecified atom stereocenters. The number of thiophene rings is 1. The Kier molecular flexibility index (Phi) is 3.60. The molecule has 2 N–H and O–H groups in total. The van der Waals surface area contributed by atoms with Gasteiger partial charge >= 0.3 is 0 Å². The average molecular weight is 344 g/mol. The molecule has 23 heavy (non-hydrogen) atoms. The molecule has 0 bridgehead atoms. The van der Waals surface area contributed by atoms with E-state index >= 15 is 0 Å². The number of benzene rings is 2. The van der Waals surface area contributed by atoms with E-state index in [0.717, 1.165) is 21.2 Å². The maximum atomic E-state index is 12.7. The van der Waals surface area contributed by atoms with Crippen LogP contribution in [-0.4, -0.2) is 17.1 Å². The van der Waals surface area contributed by atoms with Gasteiger partial charge in [0.2, 0.25) is 0 Å². The molecular weight excluding hydrogens is 330 g/mol. The van der Waals surface area contributed by atoms with Gasteiger partial charge in [0, 0.05) is 16.5 Å². The molecule has 5 heteroatoms. The zero-order chi connectivity index (χ0) is 16.0. The normalized spacial score (nSPS) is 19.7. The summed E-state index contributed by atoms with van der Waals surface area (Å²) in [4.78, 5) is 13.1. The molecular formula is C18H14ClNO2S. The number of fused-ring (bicyclic) bond motifs is 2. The Labute approximate surface area is 142 Å². The summed E-state index contributed by atoms with van der Waals surface area (Å²) < 4.78 is 0.982. The molecule has 2 atom stereocenters. The van der Waals surface area contributed by atoms with Crippen LogP contribution in [0.5, 0.6) is 0 Å². The molecule has 4 rings (SSSR count). The molecule has 2 aromatic carbocycles. The Bertz CT molecular complexity index is 905. The second-order valence-electron chi connectivity index (χ2n) is 5.66. The molecule has 0 radical (unpaired) electrons.